The van der Waals surface area contributed by atoms with Gasteiger partial charge in [-0.1, -0.05) is 34.6 Å². The van der Waals surface area contributed by atoms with E-state index in [1.807, 2.05) is 20.8 Å². The van der Waals surface area contributed by atoms with Crippen LogP contribution in [0, 0.1) is 27.1 Å². The van der Waals surface area contributed by atoms with Crippen molar-refractivity contribution >= 4 is 11.8 Å². The molecule has 2 unspecified atom stereocenters. The highest BCUT2D eigenvalue weighted by molar-refractivity contribution is 5.97. The van der Waals surface area contributed by atoms with Gasteiger partial charge >= 0.3 is 5.97 Å². The van der Waals surface area contributed by atoms with Gasteiger partial charge in [0.15, 0.2) is 0 Å². The van der Waals surface area contributed by atoms with Gasteiger partial charge in [-0.15, -0.1) is 0 Å². The molecule has 4 aliphatic rings. The first-order valence-corrected chi connectivity index (χ1v) is 7.21. The first kappa shape index (κ1) is 13.1. The summed E-state index contributed by atoms with van der Waals surface area (Å²) in [6, 6.07) is 0. The first-order valence-electron chi connectivity index (χ1n) is 7.21. The van der Waals surface area contributed by atoms with E-state index in [-0.39, 0.29) is 16.6 Å². The highest BCUT2D eigenvalue weighted by Crippen LogP contribution is 2.87. The zero-order valence-electron chi connectivity index (χ0n) is 12.6. The van der Waals surface area contributed by atoms with Gasteiger partial charge in [0.25, 0.3) is 0 Å². The third-order valence-electron chi connectivity index (χ3n) is 6.67. The number of carboxylic acids is 1. The Balaban J connectivity index is 2.19. The number of hydrogen-bond acceptors (Lipinski definition) is 2. The van der Waals surface area contributed by atoms with Crippen molar-refractivity contribution in [2.45, 2.75) is 60.3 Å². The molecular formula is C16H24O3. The molecule has 1 N–H and O–H groups in total. The Bertz CT molecular complexity index is 479. The van der Waals surface area contributed by atoms with Crippen molar-refractivity contribution in [3.63, 3.8) is 0 Å². The Morgan fingerprint density at radius 3 is 1.58 bits per heavy atom. The minimum atomic E-state index is -0.791. The lowest BCUT2D eigenvalue weighted by Crippen LogP contribution is -2.49. The van der Waals surface area contributed by atoms with Crippen LogP contribution < -0.4 is 0 Å². The average Bonchev–Trinajstić information content (AvgIpc) is 2.76. The normalized spacial score (nSPS) is 51.0. The third kappa shape index (κ3) is 1.12. The van der Waals surface area contributed by atoms with Crippen LogP contribution in [0.25, 0.3) is 0 Å². The molecule has 0 heterocycles. The maximum absolute atomic E-state index is 13.0. The topological polar surface area (TPSA) is 54.4 Å². The highest BCUT2D eigenvalue weighted by Gasteiger charge is 2.85. The Kier molecular flexibility index (Phi) is 2.02. The van der Waals surface area contributed by atoms with Gasteiger partial charge in [-0.2, -0.15) is 0 Å². The fourth-order valence-corrected chi connectivity index (χ4v) is 5.90. The summed E-state index contributed by atoms with van der Waals surface area (Å²) in [4.78, 5) is 25.0. The molecule has 3 nitrogen and oxygen atoms in total. The van der Waals surface area contributed by atoms with Crippen LogP contribution in [0.3, 0.4) is 0 Å². The molecule has 0 amide bonds. The minimum absolute atomic E-state index is 0.0340. The maximum atomic E-state index is 13.0. The molecular weight excluding hydrogens is 240 g/mol. The zero-order valence-corrected chi connectivity index (χ0v) is 12.6. The van der Waals surface area contributed by atoms with Gasteiger partial charge in [0.2, 0.25) is 0 Å². The number of aliphatic carboxylic acids is 1. The van der Waals surface area contributed by atoms with E-state index in [1.54, 1.807) is 0 Å². The van der Waals surface area contributed by atoms with Crippen molar-refractivity contribution in [3.8, 4) is 0 Å². The number of carbonyl (C=O) groups excluding carboxylic acids is 1. The second-order valence-corrected chi connectivity index (χ2v) is 8.88. The maximum Gasteiger partial charge on any atom is 0.310 e. The van der Waals surface area contributed by atoms with Crippen molar-refractivity contribution in [1.82, 2.24) is 0 Å². The summed E-state index contributed by atoms with van der Waals surface area (Å²) in [6.45, 7) is 10.2. The summed E-state index contributed by atoms with van der Waals surface area (Å²) in [7, 11) is 0. The predicted octanol–water partition coefficient (Wildman–Crippen LogP) is 3.27. The summed E-state index contributed by atoms with van der Waals surface area (Å²) in [5.41, 5.74) is -1.79. The van der Waals surface area contributed by atoms with Crippen LogP contribution in [0.4, 0.5) is 0 Å². The van der Waals surface area contributed by atoms with Crippen molar-refractivity contribution in [3.05, 3.63) is 0 Å². The van der Waals surface area contributed by atoms with Gasteiger partial charge in [0, 0.05) is 10.8 Å². The zero-order chi connectivity index (χ0) is 14.5. The van der Waals surface area contributed by atoms with E-state index in [4.69, 9.17) is 0 Å². The number of Topliss-reactive ketones (excluding diaryl/α,β-unsaturated/α-hetero) is 1. The van der Waals surface area contributed by atoms with Gasteiger partial charge in [-0.3, -0.25) is 9.59 Å². The third-order valence-corrected chi connectivity index (χ3v) is 6.67. The molecule has 4 rings (SSSR count). The predicted molar refractivity (Wildman–Crippen MR) is 71.6 cm³/mol. The summed E-state index contributed by atoms with van der Waals surface area (Å²) < 4.78 is 0. The molecule has 0 aliphatic heterocycles. The molecule has 0 spiro atoms. The van der Waals surface area contributed by atoms with E-state index in [2.05, 4.69) is 13.8 Å². The Labute approximate surface area is 114 Å². The monoisotopic (exact) mass is 264 g/mol. The van der Waals surface area contributed by atoms with E-state index in [1.165, 1.54) is 0 Å². The second-order valence-electron chi connectivity index (χ2n) is 8.88. The fraction of sp³-hybridized carbons (Fsp3) is 0.875. The van der Waals surface area contributed by atoms with Gasteiger partial charge < -0.3 is 5.11 Å². The highest BCUT2D eigenvalue weighted by atomic mass is 16.4. The molecule has 0 aromatic heterocycles. The summed E-state index contributed by atoms with van der Waals surface area (Å²) >= 11 is 0. The SMILES string of the molecule is CC(C)(C)C(=O)C12C[C@]3(C)CC1(C(=O)O)C[C@]3(C)C2. The van der Waals surface area contributed by atoms with Crippen LogP contribution >= 0.6 is 0 Å². The van der Waals surface area contributed by atoms with Crippen LogP contribution in [0.15, 0.2) is 0 Å². The fourth-order valence-electron chi connectivity index (χ4n) is 5.90. The average molecular weight is 264 g/mol. The number of carboxylic acid groups (broad SMARTS) is 1. The van der Waals surface area contributed by atoms with E-state index in [0.717, 1.165) is 12.8 Å². The largest absolute Gasteiger partial charge is 0.481 e. The van der Waals surface area contributed by atoms with E-state index in [9.17, 15) is 14.7 Å². The van der Waals surface area contributed by atoms with Gasteiger partial charge in [-0.25, -0.2) is 0 Å². The number of rotatable bonds is 2. The molecule has 0 radical (unpaired) electrons. The molecule has 4 saturated carbocycles. The van der Waals surface area contributed by atoms with Gasteiger partial charge in [-0.05, 0) is 36.5 Å². The standard InChI is InChI=1S/C16H24O3/c1-12(2,3)10(17)15-6-13(4)8-16(15,11(18)19)9-14(13,5)7-15/h6-9H2,1-5H3,(H,18,19)/t13-,14+,15?,16?. The molecule has 0 saturated heterocycles. The first-order chi connectivity index (χ1) is 8.43. The minimum Gasteiger partial charge on any atom is -0.481 e. The van der Waals surface area contributed by atoms with Gasteiger partial charge in [0.05, 0.1) is 5.41 Å². The molecule has 4 atom stereocenters. The lowest BCUT2D eigenvalue weighted by atomic mass is 9.60. The van der Waals surface area contributed by atoms with Gasteiger partial charge in [0.1, 0.15) is 5.78 Å². The quantitative estimate of drug-likeness (QED) is 0.832. The number of carbonyl (C=O) groups is 2. The molecule has 19 heavy (non-hydrogen) atoms. The number of hydrogen-bond donors (Lipinski definition) is 1. The van der Waals surface area contributed by atoms with E-state index >= 15 is 0 Å². The van der Waals surface area contributed by atoms with E-state index in [0.29, 0.717) is 12.8 Å². The van der Waals surface area contributed by atoms with Crippen LogP contribution in [-0.4, -0.2) is 16.9 Å². The summed E-state index contributed by atoms with van der Waals surface area (Å²) in [5.74, 6) is -0.567. The summed E-state index contributed by atoms with van der Waals surface area (Å²) in [6.07, 6.45) is 2.93. The second kappa shape index (κ2) is 2.91. The van der Waals surface area contributed by atoms with Crippen LogP contribution in [-0.2, 0) is 9.59 Å². The molecule has 106 valence electrons. The smallest absolute Gasteiger partial charge is 0.310 e. The Morgan fingerprint density at radius 1 is 0.895 bits per heavy atom. The van der Waals surface area contributed by atoms with E-state index < -0.39 is 22.2 Å². The summed E-state index contributed by atoms with van der Waals surface area (Å²) in [5, 5.41) is 9.84. The molecule has 0 aromatic carbocycles. The van der Waals surface area contributed by atoms with Crippen molar-refractivity contribution in [1.29, 1.82) is 0 Å². The molecule has 3 heteroatoms. The Hall–Kier alpha value is -0.860. The molecule has 4 aliphatic carbocycles. The molecule has 0 aromatic rings. The molecule has 4 fully saturated rings. The van der Waals surface area contributed by atoms with Crippen molar-refractivity contribution < 1.29 is 14.7 Å². The molecule has 4 bridgehead atoms. The lowest BCUT2D eigenvalue weighted by molar-refractivity contribution is -0.161. The Morgan fingerprint density at radius 2 is 1.26 bits per heavy atom. The van der Waals surface area contributed by atoms with Crippen LogP contribution in [0.1, 0.15) is 60.3 Å². The number of ketones is 1. The van der Waals surface area contributed by atoms with Crippen molar-refractivity contribution in [2.75, 3.05) is 0 Å². The van der Waals surface area contributed by atoms with Crippen LogP contribution in [0.5, 0.6) is 0 Å². The lowest BCUT2D eigenvalue weighted by Gasteiger charge is -2.40. The van der Waals surface area contributed by atoms with Crippen molar-refractivity contribution in [2.24, 2.45) is 27.1 Å². The van der Waals surface area contributed by atoms with Crippen LogP contribution in [0.2, 0.25) is 0 Å².